The van der Waals surface area contributed by atoms with Crippen LogP contribution in [0.5, 0.6) is 0 Å². The normalized spacial score (nSPS) is 21.0. The lowest BCUT2D eigenvalue weighted by Crippen LogP contribution is -2.50. The smallest absolute Gasteiger partial charge is 0.254 e. The van der Waals surface area contributed by atoms with Crippen molar-refractivity contribution in [1.29, 1.82) is 0 Å². The van der Waals surface area contributed by atoms with Gasteiger partial charge in [-0.25, -0.2) is 0 Å². The molecular weight excluding hydrogens is 338 g/mol. The minimum Gasteiger partial charge on any atom is -0.358 e. The predicted octanol–water partition coefficient (Wildman–Crippen LogP) is 3.20. The van der Waals surface area contributed by atoms with Gasteiger partial charge in [-0.15, -0.1) is 0 Å². The maximum atomic E-state index is 13.1. The number of anilines is 2. The summed E-state index contributed by atoms with van der Waals surface area (Å²) in [4.78, 5) is 29.6. The Morgan fingerprint density at radius 3 is 2.78 bits per heavy atom. The predicted molar refractivity (Wildman–Crippen MR) is 105 cm³/mol. The van der Waals surface area contributed by atoms with Crippen LogP contribution in [-0.2, 0) is 17.8 Å². The fourth-order valence-corrected chi connectivity index (χ4v) is 4.58. The summed E-state index contributed by atoms with van der Waals surface area (Å²) in [6, 6.07) is 14.0. The molecule has 5 heteroatoms. The molecule has 0 aromatic heterocycles. The third kappa shape index (κ3) is 2.78. The van der Waals surface area contributed by atoms with Gasteiger partial charge >= 0.3 is 0 Å². The minimum absolute atomic E-state index is 0.0299. The van der Waals surface area contributed by atoms with Gasteiger partial charge in [-0.3, -0.25) is 9.59 Å². The average molecular weight is 361 g/mol. The molecule has 3 heterocycles. The molecule has 1 N–H and O–H groups in total. The molecule has 5 rings (SSSR count). The third-order valence-corrected chi connectivity index (χ3v) is 6.03. The van der Waals surface area contributed by atoms with Crippen LogP contribution in [0.1, 0.15) is 40.7 Å². The number of piperidine rings is 1. The van der Waals surface area contributed by atoms with E-state index in [0.717, 1.165) is 50.1 Å². The Morgan fingerprint density at radius 1 is 1.04 bits per heavy atom. The molecule has 1 unspecified atom stereocenters. The number of rotatable bonds is 1. The van der Waals surface area contributed by atoms with Crippen LogP contribution in [0, 0.1) is 0 Å². The van der Waals surface area contributed by atoms with E-state index >= 15 is 0 Å². The molecule has 0 aliphatic carbocycles. The highest BCUT2D eigenvalue weighted by Crippen LogP contribution is 2.36. The first-order valence-corrected chi connectivity index (χ1v) is 9.78. The molecule has 2 aromatic carbocycles. The second-order valence-corrected chi connectivity index (χ2v) is 7.67. The van der Waals surface area contributed by atoms with E-state index < -0.39 is 0 Å². The summed E-state index contributed by atoms with van der Waals surface area (Å²) in [6.45, 7) is 2.28. The van der Waals surface area contributed by atoms with Crippen LogP contribution in [0.3, 0.4) is 0 Å². The van der Waals surface area contributed by atoms with Gasteiger partial charge in [0.05, 0.1) is 11.4 Å². The summed E-state index contributed by atoms with van der Waals surface area (Å²) >= 11 is 0. The van der Waals surface area contributed by atoms with Crippen molar-refractivity contribution in [1.82, 2.24) is 4.90 Å². The van der Waals surface area contributed by atoms with Crippen LogP contribution in [0.2, 0.25) is 0 Å². The first kappa shape index (κ1) is 16.4. The van der Waals surface area contributed by atoms with Crippen molar-refractivity contribution in [3.05, 3.63) is 59.2 Å². The van der Waals surface area contributed by atoms with Crippen molar-refractivity contribution in [2.75, 3.05) is 23.3 Å². The lowest BCUT2D eigenvalue weighted by atomic mass is 9.96. The molecule has 27 heavy (non-hydrogen) atoms. The highest BCUT2D eigenvalue weighted by atomic mass is 16.2. The number of carbonyl (C=O) groups excluding carboxylic acids is 2. The number of hydrogen-bond donors (Lipinski definition) is 1. The standard InChI is InChI=1S/C22H23N3O2/c26-21-20-7-3-4-11-25(20)19-9-8-16(13-18(19)23-21)22(27)24-12-10-15-5-1-2-6-17(15)14-24/h1-2,5-6,8-9,13,20H,3-4,7,10-12,14H2,(H,23,26). The second kappa shape index (κ2) is 6.41. The number of carbonyl (C=O) groups is 2. The van der Waals surface area contributed by atoms with Crippen LogP contribution in [-0.4, -0.2) is 35.8 Å². The van der Waals surface area contributed by atoms with Crippen LogP contribution in [0.4, 0.5) is 11.4 Å². The fraction of sp³-hybridized carbons (Fsp3) is 0.364. The number of fused-ring (bicyclic) bond motifs is 4. The quantitative estimate of drug-likeness (QED) is 0.849. The van der Waals surface area contributed by atoms with Gasteiger partial charge in [-0.05, 0) is 55.0 Å². The number of benzene rings is 2. The van der Waals surface area contributed by atoms with Crippen molar-refractivity contribution in [2.45, 2.75) is 38.3 Å². The average Bonchev–Trinajstić information content (AvgIpc) is 2.72. The van der Waals surface area contributed by atoms with Gasteiger partial charge in [0.1, 0.15) is 6.04 Å². The number of hydrogen-bond acceptors (Lipinski definition) is 3. The zero-order chi connectivity index (χ0) is 18.4. The highest BCUT2D eigenvalue weighted by Gasteiger charge is 2.35. The molecule has 5 nitrogen and oxygen atoms in total. The largest absolute Gasteiger partial charge is 0.358 e. The number of amides is 2. The summed E-state index contributed by atoms with van der Waals surface area (Å²) in [5, 5.41) is 3.02. The lowest BCUT2D eigenvalue weighted by Gasteiger charge is -2.41. The fourth-order valence-electron chi connectivity index (χ4n) is 4.58. The van der Waals surface area contributed by atoms with Gasteiger partial charge < -0.3 is 15.1 Å². The first-order valence-electron chi connectivity index (χ1n) is 9.78. The van der Waals surface area contributed by atoms with Gasteiger partial charge in [-0.2, -0.15) is 0 Å². The molecule has 2 aromatic rings. The number of nitrogens with zero attached hydrogens (tertiary/aromatic N) is 2. The van der Waals surface area contributed by atoms with Crippen molar-refractivity contribution in [3.63, 3.8) is 0 Å². The van der Waals surface area contributed by atoms with E-state index in [4.69, 9.17) is 0 Å². The Balaban J connectivity index is 1.41. The van der Waals surface area contributed by atoms with Crippen LogP contribution < -0.4 is 10.2 Å². The molecule has 2 amide bonds. The van der Waals surface area contributed by atoms with Crippen molar-refractivity contribution >= 4 is 23.2 Å². The Kier molecular flexibility index (Phi) is 3.88. The first-order chi connectivity index (χ1) is 13.2. The van der Waals surface area contributed by atoms with E-state index in [0.29, 0.717) is 12.1 Å². The van der Waals surface area contributed by atoms with E-state index in [1.807, 2.05) is 29.2 Å². The monoisotopic (exact) mass is 361 g/mol. The van der Waals surface area contributed by atoms with Gasteiger partial charge in [0.25, 0.3) is 5.91 Å². The molecule has 3 aliphatic rings. The SMILES string of the molecule is O=C1Nc2cc(C(=O)N3CCc4ccccc4C3)ccc2N2CCCCC12. The summed E-state index contributed by atoms with van der Waals surface area (Å²) in [6.07, 6.45) is 3.99. The minimum atomic E-state index is -0.0635. The van der Waals surface area contributed by atoms with Crippen molar-refractivity contribution in [3.8, 4) is 0 Å². The van der Waals surface area contributed by atoms with Crippen molar-refractivity contribution < 1.29 is 9.59 Å². The molecule has 0 spiro atoms. The molecule has 1 atom stereocenters. The summed E-state index contributed by atoms with van der Waals surface area (Å²) in [7, 11) is 0. The molecule has 0 saturated carbocycles. The Labute approximate surface area is 159 Å². The Bertz CT molecular complexity index is 924. The molecule has 1 saturated heterocycles. The summed E-state index contributed by atoms with van der Waals surface area (Å²) < 4.78 is 0. The lowest BCUT2D eigenvalue weighted by molar-refractivity contribution is -0.118. The number of nitrogens with one attached hydrogen (secondary N) is 1. The Hall–Kier alpha value is -2.82. The molecule has 0 radical (unpaired) electrons. The van der Waals surface area contributed by atoms with E-state index in [9.17, 15) is 9.59 Å². The van der Waals surface area contributed by atoms with Crippen LogP contribution in [0.15, 0.2) is 42.5 Å². The zero-order valence-electron chi connectivity index (χ0n) is 15.3. The van der Waals surface area contributed by atoms with Gasteiger partial charge in [0, 0.05) is 25.2 Å². The third-order valence-electron chi connectivity index (χ3n) is 6.03. The van der Waals surface area contributed by atoms with E-state index in [1.165, 1.54) is 11.1 Å². The second-order valence-electron chi connectivity index (χ2n) is 7.67. The molecule has 0 bridgehead atoms. The maximum absolute atomic E-state index is 13.1. The van der Waals surface area contributed by atoms with Gasteiger partial charge in [0.15, 0.2) is 0 Å². The molecular formula is C22H23N3O2. The molecule has 1 fully saturated rings. The topological polar surface area (TPSA) is 52.7 Å². The van der Waals surface area contributed by atoms with E-state index in [2.05, 4.69) is 28.4 Å². The molecule has 138 valence electrons. The Morgan fingerprint density at radius 2 is 1.89 bits per heavy atom. The van der Waals surface area contributed by atoms with Gasteiger partial charge in [-0.1, -0.05) is 24.3 Å². The molecule has 3 aliphatic heterocycles. The van der Waals surface area contributed by atoms with Gasteiger partial charge in [0.2, 0.25) is 5.91 Å². The summed E-state index contributed by atoms with van der Waals surface area (Å²) in [5.41, 5.74) is 5.00. The summed E-state index contributed by atoms with van der Waals surface area (Å²) in [5.74, 6) is 0.0843. The van der Waals surface area contributed by atoms with Crippen molar-refractivity contribution in [2.24, 2.45) is 0 Å². The van der Waals surface area contributed by atoms with Crippen LogP contribution in [0.25, 0.3) is 0 Å². The highest BCUT2D eigenvalue weighted by molar-refractivity contribution is 6.05. The zero-order valence-corrected chi connectivity index (χ0v) is 15.3. The maximum Gasteiger partial charge on any atom is 0.254 e. The van der Waals surface area contributed by atoms with E-state index in [1.54, 1.807) is 0 Å². The van der Waals surface area contributed by atoms with Crippen LogP contribution >= 0.6 is 0 Å². The van der Waals surface area contributed by atoms with E-state index in [-0.39, 0.29) is 17.9 Å².